The van der Waals surface area contributed by atoms with Crippen molar-refractivity contribution < 1.29 is 14.5 Å². The van der Waals surface area contributed by atoms with Gasteiger partial charge >= 0.3 is 0 Å². The number of nitro groups is 1. The number of hydrogen-bond donors (Lipinski definition) is 2. The molecule has 1 amide bonds. The Kier molecular flexibility index (Phi) is 6.42. The minimum absolute atomic E-state index is 0.0750. The quantitative estimate of drug-likeness (QED) is 0.439. The molecule has 0 atom stereocenters. The minimum Gasteiger partial charge on any atom is -0.497 e. The van der Waals surface area contributed by atoms with E-state index in [0.717, 1.165) is 28.3 Å². The summed E-state index contributed by atoms with van der Waals surface area (Å²) < 4.78 is 5.10. The SMILES string of the molecule is COc1ccc(NC(=O)Cc2ccc(NCc3ccc([N+](=O)[O-])cc3)cc2)cc1. The van der Waals surface area contributed by atoms with Crippen molar-refractivity contribution in [1.29, 1.82) is 0 Å². The van der Waals surface area contributed by atoms with Crippen LogP contribution in [-0.4, -0.2) is 17.9 Å². The lowest BCUT2D eigenvalue weighted by Gasteiger charge is -2.09. The third-order valence-electron chi connectivity index (χ3n) is 4.34. The first-order valence-corrected chi connectivity index (χ1v) is 9.03. The van der Waals surface area contributed by atoms with E-state index in [0.29, 0.717) is 6.54 Å². The highest BCUT2D eigenvalue weighted by Gasteiger charge is 2.06. The molecule has 148 valence electrons. The zero-order chi connectivity index (χ0) is 20.6. The van der Waals surface area contributed by atoms with Gasteiger partial charge in [0.1, 0.15) is 5.75 Å². The molecule has 0 aliphatic heterocycles. The van der Waals surface area contributed by atoms with Crippen LogP contribution in [0.1, 0.15) is 11.1 Å². The number of nitrogens with one attached hydrogen (secondary N) is 2. The van der Waals surface area contributed by atoms with Crippen molar-refractivity contribution in [2.24, 2.45) is 0 Å². The molecule has 3 rings (SSSR count). The van der Waals surface area contributed by atoms with Gasteiger partial charge in [0.05, 0.1) is 18.5 Å². The summed E-state index contributed by atoms with van der Waals surface area (Å²) in [5.74, 6) is 0.640. The highest BCUT2D eigenvalue weighted by Crippen LogP contribution is 2.17. The fourth-order valence-corrected chi connectivity index (χ4v) is 2.75. The van der Waals surface area contributed by atoms with Crippen LogP contribution in [0.5, 0.6) is 5.75 Å². The maximum Gasteiger partial charge on any atom is 0.269 e. The van der Waals surface area contributed by atoms with Crippen LogP contribution < -0.4 is 15.4 Å². The first kappa shape index (κ1) is 19.9. The largest absolute Gasteiger partial charge is 0.497 e. The molecule has 0 bridgehead atoms. The summed E-state index contributed by atoms with van der Waals surface area (Å²) in [5, 5.41) is 16.8. The van der Waals surface area contributed by atoms with Crippen molar-refractivity contribution in [3.63, 3.8) is 0 Å². The van der Waals surface area contributed by atoms with E-state index >= 15 is 0 Å². The topological polar surface area (TPSA) is 93.5 Å². The molecule has 3 aromatic rings. The number of non-ortho nitro benzene ring substituents is 1. The molecule has 0 saturated heterocycles. The summed E-state index contributed by atoms with van der Waals surface area (Å²) in [6, 6.07) is 21.2. The lowest BCUT2D eigenvalue weighted by atomic mass is 10.1. The molecule has 0 fully saturated rings. The van der Waals surface area contributed by atoms with Gasteiger partial charge in [-0.05, 0) is 47.5 Å². The minimum atomic E-state index is -0.416. The maximum atomic E-state index is 12.2. The Morgan fingerprint density at radius 1 is 0.897 bits per heavy atom. The summed E-state index contributed by atoms with van der Waals surface area (Å²) in [4.78, 5) is 22.5. The lowest BCUT2D eigenvalue weighted by molar-refractivity contribution is -0.384. The number of anilines is 2. The molecule has 0 radical (unpaired) electrons. The van der Waals surface area contributed by atoms with Crippen LogP contribution in [0, 0.1) is 10.1 Å². The summed E-state index contributed by atoms with van der Waals surface area (Å²) >= 11 is 0. The van der Waals surface area contributed by atoms with E-state index in [1.54, 1.807) is 43.5 Å². The van der Waals surface area contributed by atoms with E-state index in [9.17, 15) is 14.9 Å². The second-order valence-corrected chi connectivity index (χ2v) is 6.43. The van der Waals surface area contributed by atoms with Crippen LogP contribution in [0.2, 0.25) is 0 Å². The van der Waals surface area contributed by atoms with Gasteiger partial charge in [-0.15, -0.1) is 0 Å². The van der Waals surface area contributed by atoms with Crippen LogP contribution in [0.3, 0.4) is 0 Å². The van der Waals surface area contributed by atoms with Crippen molar-refractivity contribution in [3.05, 3.63) is 94.0 Å². The Bertz CT molecular complexity index is 968. The number of methoxy groups -OCH3 is 1. The molecule has 0 saturated carbocycles. The first-order chi connectivity index (χ1) is 14.0. The Balaban J connectivity index is 1.50. The van der Waals surface area contributed by atoms with Crippen LogP contribution >= 0.6 is 0 Å². The molecule has 0 heterocycles. The zero-order valence-electron chi connectivity index (χ0n) is 15.9. The summed E-state index contributed by atoms with van der Waals surface area (Å²) in [7, 11) is 1.60. The number of ether oxygens (including phenoxy) is 1. The van der Waals surface area contributed by atoms with Crippen molar-refractivity contribution in [1.82, 2.24) is 0 Å². The van der Waals surface area contributed by atoms with Crippen molar-refractivity contribution in [2.45, 2.75) is 13.0 Å². The second kappa shape index (κ2) is 9.36. The van der Waals surface area contributed by atoms with Crippen molar-refractivity contribution in [2.75, 3.05) is 17.7 Å². The van der Waals surface area contributed by atoms with Crippen LogP contribution in [0.4, 0.5) is 17.1 Å². The molecule has 29 heavy (non-hydrogen) atoms. The number of nitro benzene ring substituents is 1. The van der Waals surface area contributed by atoms with Gasteiger partial charge in [0, 0.05) is 30.1 Å². The predicted octanol–water partition coefficient (Wildman–Crippen LogP) is 4.40. The monoisotopic (exact) mass is 391 g/mol. The van der Waals surface area contributed by atoms with Gasteiger partial charge in [-0.2, -0.15) is 0 Å². The number of carbonyl (C=O) groups excluding carboxylic acids is 1. The standard InChI is InChI=1S/C22H21N3O4/c1-29-21-12-8-19(9-13-21)24-22(26)14-16-2-6-18(7-3-16)23-15-17-4-10-20(11-5-17)25(27)28/h2-13,23H,14-15H2,1H3,(H,24,26). The summed E-state index contributed by atoms with van der Waals surface area (Å²) in [6.07, 6.45) is 0.272. The van der Waals surface area contributed by atoms with E-state index in [4.69, 9.17) is 4.74 Å². The Morgan fingerprint density at radius 2 is 1.48 bits per heavy atom. The van der Waals surface area contributed by atoms with Gasteiger partial charge < -0.3 is 15.4 Å². The van der Waals surface area contributed by atoms with Crippen LogP contribution in [-0.2, 0) is 17.8 Å². The summed E-state index contributed by atoms with van der Waals surface area (Å²) in [5.41, 5.74) is 3.54. The van der Waals surface area contributed by atoms with Gasteiger partial charge in [-0.3, -0.25) is 14.9 Å². The number of carbonyl (C=O) groups is 1. The second-order valence-electron chi connectivity index (χ2n) is 6.43. The van der Waals surface area contributed by atoms with E-state index < -0.39 is 4.92 Å². The Labute approximate surface area is 168 Å². The number of nitrogens with zero attached hydrogens (tertiary/aromatic N) is 1. The lowest BCUT2D eigenvalue weighted by Crippen LogP contribution is -2.14. The Morgan fingerprint density at radius 3 is 2.07 bits per heavy atom. The van der Waals surface area contributed by atoms with Gasteiger partial charge in [0.2, 0.25) is 5.91 Å². The van der Waals surface area contributed by atoms with Crippen molar-refractivity contribution >= 4 is 23.0 Å². The molecule has 0 spiro atoms. The molecular weight excluding hydrogens is 370 g/mol. The fraction of sp³-hybridized carbons (Fsp3) is 0.136. The van der Waals surface area contributed by atoms with E-state index in [2.05, 4.69) is 10.6 Å². The molecule has 0 aromatic heterocycles. The summed E-state index contributed by atoms with van der Waals surface area (Å²) in [6.45, 7) is 0.551. The third kappa shape index (κ3) is 5.80. The fourth-order valence-electron chi connectivity index (χ4n) is 2.75. The predicted molar refractivity (Wildman–Crippen MR) is 112 cm³/mol. The number of amides is 1. The van der Waals surface area contributed by atoms with Crippen LogP contribution in [0.25, 0.3) is 0 Å². The molecule has 0 aliphatic carbocycles. The molecule has 3 aromatic carbocycles. The molecule has 7 heteroatoms. The van der Waals surface area contributed by atoms with Crippen molar-refractivity contribution in [3.8, 4) is 5.75 Å². The third-order valence-corrected chi connectivity index (χ3v) is 4.34. The molecule has 0 aliphatic rings. The number of benzene rings is 3. The number of rotatable bonds is 8. The Hall–Kier alpha value is -3.87. The first-order valence-electron chi connectivity index (χ1n) is 9.03. The molecule has 7 nitrogen and oxygen atoms in total. The van der Waals surface area contributed by atoms with Gasteiger partial charge in [0.25, 0.3) is 5.69 Å². The zero-order valence-corrected chi connectivity index (χ0v) is 15.9. The normalized spacial score (nSPS) is 10.2. The molecular formula is C22H21N3O4. The molecule has 2 N–H and O–H groups in total. The number of hydrogen-bond acceptors (Lipinski definition) is 5. The van der Waals surface area contributed by atoms with Crippen LogP contribution in [0.15, 0.2) is 72.8 Å². The maximum absolute atomic E-state index is 12.2. The van der Waals surface area contributed by atoms with Gasteiger partial charge in [-0.1, -0.05) is 24.3 Å². The average molecular weight is 391 g/mol. The van der Waals surface area contributed by atoms with E-state index in [1.165, 1.54) is 12.1 Å². The smallest absolute Gasteiger partial charge is 0.269 e. The molecule has 0 unspecified atom stereocenters. The average Bonchev–Trinajstić information content (AvgIpc) is 2.74. The van der Waals surface area contributed by atoms with E-state index in [-0.39, 0.29) is 18.0 Å². The van der Waals surface area contributed by atoms with Gasteiger partial charge in [-0.25, -0.2) is 0 Å². The highest BCUT2D eigenvalue weighted by molar-refractivity contribution is 5.92. The van der Waals surface area contributed by atoms with E-state index in [1.807, 2.05) is 24.3 Å². The highest BCUT2D eigenvalue weighted by atomic mass is 16.6. The van der Waals surface area contributed by atoms with Gasteiger partial charge in [0.15, 0.2) is 0 Å².